The maximum atomic E-state index is 13.3. The minimum Gasteiger partial charge on any atom is -0.493 e. The predicted octanol–water partition coefficient (Wildman–Crippen LogP) is 3.63. The highest BCUT2D eigenvalue weighted by molar-refractivity contribution is 6.39. The van der Waals surface area contributed by atoms with Gasteiger partial charge < -0.3 is 14.2 Å². The molecule has 0 aromatic heterocycles. The number of nitrogens with one attached hydrogen (secondary N) is 1. The van der Waals surface area contributed by atoms with Crippen molar-refractivity contribution in [3.8, 4) is 17.2 Å². The monoisotopic (exact) mass is 430 g/mol. The third kappa shape index (κ3) is 3.22. The Bertz CT molecular complexity index is 1310. The van der Waals surface area contributed by atoms with Gasteiger partial charge in [-0.25, -0.2) is 9.69 Å². The van der Waals surface area contributed by atoms with Crippen molar-refractivity contribution in [2.24, 2.45) is 0 Å². The van der Waals surface area contributed by atoms with Gasteiger partial charge in [0.25, 0.3) is 11.8 Å². The van der Waals surface area contributed by atoms with Crippen molar-refractivity contribution >= 4 is 40.4 Å². The van der Waals surface area contributed by atoms with Crippen LogP contribution in [0.5, 0.6) is 17.2 Å². The van der Waals surface area contributed by atoms with E-state index in [-0.39, 0.29) is 18.1 Å². The van der Waals surface area contributed by atoms with Crippen LogP contribution in [0, 0.1) is 0 Å². The summed E-state index contributed by atoms with van der Waals surface area (Å²) in [6, 6.07) is 15.1. The normalized spacial score (nSPS) is 16.6. The average Bonchev–Trinajstić information content (AvgIpc) is 3.25. The molecule has 2 aliphatic heterocycles. The largest absolute Gasteiger partial charge is 0.493 e. The molecular formula is C24H18N2O6. The number of anilines is 1. The van der Waals surface area contributed by atoms with E-state index in [9.17, 15) is 14.4 Å². The minimum atomic E-state index is -0.834. The Morgan fingerprint density at radius 2 is 1.84 bits per heavy atom. The third-order valence-corrected chi connectivity index (χ3v) is 5.24. The lowest BCUT2D eigenvalue weighted by atomic mass is 9.99. The van der Waals surface area contributed by atoms with Crippen molar-refractivity contribution in [1.82, 2.24) is 5.32 Å². The van der Waals surface area contributed by atoms with E-state index in [0.29, 0.717) is 29.4 Å². The minimum absolute atomic E-state index is 0.0594. The number of carbonyl (C=O) groups is 3. The van der Waals surface area contributed by atoms with Gasteiger partial charge in [0.15, 0.2) is 11.5 Å². The summed E-state index contributed by atoms with van der Waals surface area (Å²) in [5, 5.41) is 3.99. The van der Waals surface area contributed by atoms with Crippen molar-refractivity contribution in [3.63, 3.8) is 0 Å². The van der Waals surface area contributed by atoms with Gasteiger partial charge in [-0.1, -0.05) is 30.3 Å². The molecule has 1 N–H and O–H groups in total. The second kappa shape index (κ2) is 7.73. The summed E-state index contributed by atoms with van der Waals surface area (Å²) in [5.41, 5.74) is 0.668. The summed E-state index contributed by atoms with van der Waals surface area (Å²) in [6.45, 7) is 2.32. The molecule has 0 atom stereocenters. The van der Waals surface area contributed by atoms with E-state index in [2.05, 4.69) is 5.32 Å². The Morgan fingerprint density at radius 3 is 2.69 bits per heavy atom. The van der Waals surface area contributed by atoms with Gasteiger partial charge in [0.2, 0.25) is 6.79 Å². The van der Waals surface area contributed by atoms with E-state index in [1.54, 1.807) is 18.2 Å². The maximum absolute atomic E-state index is 13.3. The zero-order valence-corrected chi connectivity index (χ0v) is 17.1. The average molecular weight is 430 g/mol. The zero-order chi connectivity index (χ0) is 22.2. The number of hydrogen-bond donors (Lipinski definition) is 1. The fraction of sp³-hybridized carbons (Fsp3) is 0.125. The highest BCUT2D eigenvalue weighted by atomic mass is 16.7. The first kappa shape index (κ1) is 19.6. The number of hydrogen-bond acceptors (Lipinski definition) is 6. The standard InChI is InChI=1S/C24H18N2O6/c1-2-30-19-9-7-14-5-3-4-6-16(14)17(19)12-18-22(27)25-24(29)26(23(18)28)15-8-10-20-21(11-15)32-13-31-20/h3-12H,2,13H2,1H3,(H,25,27,29)/b18-12+. The third-order valence-electron chi connectivity index (χ3n) is 5.24. The predicted molar refractivity (Wildman–Crippen MR) is 117 cm³/mol. The Labute approximate surface area is 183 Å². The first-order valence-corrected chi connectivity index (χ1v) is 10.0. The molecule has 2 heterocycles. The lowest BCUT2D eigenvalue weighted by molar-refractivity contribution is -0.122. The van der Waals surface area contributed by atoms with Crippen LogP contribution in [-0.4, -0.2) is 31.2 Å². The van der Waals surface area contributed by atoms with Crippen molar-refractivity contribution in [3.05, 3.63) is 65.7 Å². The van der Waals surface area contributed by atoms with Gasteiger partial charge in [-0.2, -0.15) is 0 Å². The second-order valence-corrected chi connectivity index (χ2v) is 7.13. The molecule has 32 heavy (non-hydrogen) atoms. The van der Waals surface area contributed by atoms with Crippen molar-refractivity contribution < 1.29 is 28.6 Å². The smallest absolute Gasteiger partial charge is 0.335 e. The van der Waals surface area contributed by atoms with Crippen LogP contribution in [0.25, 0.3) is 16.8 Å². The van der Waals surface area contributed by atoms with Crippen LogP contribution in [0.4, 0.5) is 10.5 Å². The number of fused-ring (bicyclic) bond motifs is 2. The van der Waals surface area contributed by atoms with E-state index in [1.165, 1.54) is 12.1 Å². The number of benzene rings is 3. The van der Waals surface area contributed by atoms with Gasteiger partial charge in [0.1, 0.15) is 11.3 Å². The lowest BCUT2D eigenvalue weighted by Gasteiger charge is -2.26. The van der Waals surface area contributed by atoms with Crippen molar-refractivity contribution in [1.29, 1.82) is 0 Å². The molecule has 0 bridgehead atoms. The van der Waals surface area contributed by atoms with E-state index < -0.39 is 17.8 Å². The van der Waals surface area contributed by atoms with Gasteiger partial charge in [-0.05, 0) is 42.0 Å². The van der Waals surface area contributed by atoms with E-state index >= 15 is 0 Å². The van der Waals surface area contributed by atoms with Crippen LogP contribution in [-0.2, 0) is 9.59 Å². The Balaban J connectivity index is 1.62. The lowest BCUT2D eigenvalue weighted by Crippen LogP contribution is -2.54. The fourth-order valence-electron chi connectivity index (χ4n) is 3.77. The summed E-state index contributed by atoms with van der Waals surface area (Å²) >= 11 is 0. The first-order chi connectivity index (χ1) is 15.6. The topological polar surface area (TPSA) is 94.2 Å². The SMILES string of the molecule is CCOc1ccc2ccccc2c1/C=C1\C(=O)NC(=O)N(c2ccc3c(c2)OCO3)C1=O. The number of ether oxygens (including phenoxy) is 3. The molecule has 0 saturated carbocycles. The number of carbonyl (C=O) groups excluding carboxylic acids is 3. The van der Waals surface area contributed by atoms with Gasteiger partial charge in [-0.3, -0.25) is 14.9 Å². The Hall–Kier alpha value is -4.33. The van der Waals surface area contributed by atoms with Crippen LogP contribution >= 0.6 is 0 Å². The molecule has 2 aliphatic rings. The second-order valence-electron chi connectivity index (χ2n) is 7.13. The number of nitrogens with zero attached hydrogens (tertiary/aromatic N) is 1. The molecule has 0 aliphatic carbocycles. The number of amides is 4. The molecule has 3 aromatic rings. The van der Waals surface area contributed by atoms with Crippen LogP contribution in [0.15, 0.2) is 60.2 Å². The highest BCUT2D eigenvalue weighted by Gasteiger charge is 2.37. The quantitative estimate of drug-likeness (QED) is 0.502. The van der Waals surface area contributed by atoms with E-state index in [1.807, 2.05) is 37.3 Å². The number of rotatable bonds is 4. The van der Waals surface area contributed by atoms with Crippen molar-refractivity contribution in [2.45, 2.75) is 6.92 Å². The zero-order valence-electron chi connectivity index (χ0n) is 17.1. The molecule has 0 unspecified atom stereocenters. The summed E-state index contributed by atoms with van der Waals surface area (Å²) in [5.74, 6) is -0.0491. The molecule has 8 heteroatoms. The fourth-order valence-corrected chi connectivity index (χ4v) is 3.77. The van der Waals surface area contributed by atoms with Crippen LogP contribution < -0.4 is 24.4 Å². The van der Waals surface area contributed by atoms with Gasteiger partial charge in [0.05, 0.1) is 12.3 Å². The first-order valence-electron chi connectivity index (χ1n) is 10.0. The molecule has 0 radical (unpaired) electrons. The molecule has 8 nitrogen and oxygen atoms in total. The van der Waals surface area contributed by atoms with E-state index in [0.717, 1.165) is 15.7 Å². The summed E-state index contributed by atoms with van der Waals surface area (Å²) < 4.78 is 16.4. The Kier molecular flexibility index (Phi) is 4.74. The number of imide groups is 2. The summed E-state index contributed by atoms with van der Waals surface area (Å²) in [6.07, 6.45) is 1.47. The molecule has 1 saturated heterocycles. The summed E-state index contributed by atoms with van der Waals surface area (Å²) in [7, 11) is 0. The molecule has 1 fully saturated rings. The van der Waals surface area contributed by atoms with Gasteiger partial charge >= 0.3 is 6.03 Å². The molecule has 4 amide bonds. The molecule has 0 spiro atoms. The highest BCUT2D eigenvalue weighted by Crippen LogP contribution is 2.37. The van der Waals surface area contributed by atoms with Crippen molar-refractivity contribution in [2.75, 3.05) is 18.3 Å². The van der Waals surface area contributed by atoms with Crippen LogP contribution in [0.3, 0.4) is 0 Å². The molecule has 5 rings (SSSR count). The molecular weight excluding hydrogens is 412 g/mol. The van der Waals surface area contributed by atoms with Gasteiger partial charge in [0, 0.05) is 11.6 Å². The Morgan fingerprint density at radius 1 is 1.03 bits per heavy atom. The van der Waals surface area contributed by atoms with Crippen LogP contribution in [0.1, 0.15) is 12.5 Å². The van der Waals surface area contributed by atoms with E-state index in [4.69, 9.17) is 14.2 Å². The maximum Gasteiger partial charge on any atom is 0.335 e. The number of urea groups is 1. The van der Waals surface area contributed by atoms with Gasteiger partial charge in [-0.15, -0.1) is 0 Å². The number of barbiturate groups is 1. The van der Waals surface area contributed by atoms with Crippen LogP contribution in [0.2, 0.25) is 0 Å². The molecule has 160 valence electrons. The summed E-state index contributed by atoms with van der Waals surface area (Å²) in [4.78, 5) is 39.4. The molecule has 3 aromatic carbocycles.